The molecular weight excluding hydrogens is 822 g/mol. The van der Waals surface area contributed by atoms with Crippen LogP contribution in [0.2, 0.25) is 0 Å². The van der Waals surface area contributed by atoms with Crippen LogP contribution >= 0.6 is 7.82 Å². The van der Waals surface area contributed by atoms with Gasteiger partial charge in [0.1, 0.15) is 19.8 Å². The molecule has 0 rings (SSSR count). The molecule has 1 N–H and O–H groups in total. The lowest BCUT2D eigenvalue weighted by Crippen LogP contribution is -2.37. The zero-order valence-corrected chi connectivity index (χ0v) is 43.2. The second-order valence-corrected chi connectivity index (χ2v) is 20.3. The number of phosphoric acid groups is 1. The first-order valence-electron chi connectivity index (χ1n) is 26.4. The van der Waals surface area contributed by atoms with E-state index in [0.29, 0.717) is 23.9 Å². The Kier molecular flexibility index (Phi) is 44.6. The molecule has 0 saturated heterocycles. The van der Waals surface area contributed by atoms with E-state index < -0.39 is 32.5 Å². The van der Waals surface area contributed by atoms with Gasteiger partial charge >= 0.3 is 19.8 Å². The first-order chi connectivity index (χ1) is 31.0. The van der Waals surface area contributed by atoms with Gasteiger partial charge in [-0.15, -0.1) is 0 Å². The minimum atomic E-state index is -4.40. The minimum Gasteiger partial charge on any atom is -0.462 e. The Hall–Kier alpha value is -2.03. The van der Waals surface area contributed by atoms with Crippen molar-refractivity contribution in [2.75, 3.05) is 47.5 Å². The third kappa shape index (κ3) is 49.4. The SMILES string of the molecule is CCCCCCCCCCC/C=C/C/C=C/CCCC(=O)O[C@@H](COC(=O)CCC/C=C/CC/C=C/CCCCCCCCCCCCCCCC)COP(=O)(O)OCC[N+](C)(C)C. The molecule has 64 heavy (non-hydrogen) atoms. The number of hydrogen-bond donors (Lipinski definition) is 1. The molecule has 0 spiro atoms. The summed E-state index contributed by atoms with van der Waals surface area (Å²) in [5, 5.41) is 0. The Morgan fingerprint density at radius 2 is 0.859 bits per heavy atom. The molecule has 0 aliphatic heterocycles. The van der Waals surface area contributed by atoms with Gasteiger partial charge in [0.15, 0.2) is 6.10 Å². The zero-order valence-electron chi connectivity index (χ0n) is 42.3. The van der Waals surface area contributed by atoms with E-state index in [-0.39, 0.29) is 26.1 Å². The summed E-state index contributed by atoms with van der Waals surface area (Å²) in [6.45, 7) is 4.36. The molecule has 0 saturated carbocycles. The van der Waals surface area contributed by atoms with Crippen LogP contribution in [-0.4, -0.2) is 74.9 Å². The molecule has 9 nitrogen and oxygen atoms in total. The number of quaternary nitrogens is 1. The number of allylic oxidation sites excluding steroid dienone is 8. The maximum absolute atomic E-state index is 12.7. The van der Waals surface area contributed by atoms with Crippen molar-refractivity contribution in [2.24, 2.45) is 0 Å². The fraction of sp³-hybridized carbons (Fsp3) is 0.815. The highest BCUT2D eigenvalue weighted by atomic mass is 31.2. The quantitative estimate of drug-likeness (QED) is 0.0211. The number of likely N-dealkylation sites (N-methyl/N-ethyl adjacent to an activating group) is 1. The van der Waals surface area contributed by atoms with Crippen LogP contribution < -0.4 is 0 Å². The normalized spacial score (nSPS) is 13.8. The van der Waals surface area contributed by atoms with Gasteiger partial charge in [0.25, 0.3) is 0 Å². The average molecular weight is 923 g/mol. The number of hydrogen-bond acceptors (Lipinski definition) is 7. The average Bonchev–Trinajstić information content (AvgIpc) is 3.25. The third-order valence-corrected chi connectivity index (χ3v) is 12.3. The van der Waals surface area contributed by atoms with Gasteiger partial charge in [-0.05, 0) is 70.6 Å². The van der Waals surface area contributed by atoms with E-state index in [1.807, 2.05) is 21.1 Å². The predicted octanol–water partition coefficient (Wildman–Crippen LogP) is 15.8. The summed E-state index contributed by atoms with van der Waals surface area (Å²) >= 11 is 0. The van der Waals surface area contributed by atoms with Crippen molar-refractivity contribution in [1.82, 2.24) is 0 Å². The molecule has 1 unspecified atom stereocenters. The second-order valence-electron chi connectivity index (χ2n) is 18.9. The van der Waals surface area contributed by atoms with E-state index in [1.54, 1.807) is 0 Å². The molecule has 0 aromatic rings. The van der Waals surface area contributed by atoms with Crippen molar-refractivity contribution in [3.8, 4) is 0 Å². The molecule has 0 aromatic heterocycles. The number of ether oxygens (including phenoxy) is 2. The summed E-state index contributed by atoms with van der Waals surface area (Å²) in [6.07, 6.45) is 56.2. The van der Waals surface area contributed by atoms with Gasteiger partial charge in [-0.2, -0.15) is 0 Å². The first kappa shape index (κ1) is 62.0. The lowest BCUT2D eigenvalue weighted by atomic mass is 10.0. The van der Waals surface area contributed by atoms with Crippen molar-refractivity contribution < 1.29 is 42.1 Å². The van der Waals surface area contributed by atoms with Gasteiger partial charge in [-0.1, -0.05) is 197 Å². The summed E-state index contributed by atoms with van der Waals surface area (Å²) in [5.41, 5.74) is 0. The fourth-order valence-electron chi connectivity index (χ4n) is 7.19. The van der Waals surface area contributed by atoms with E-state index in [4.69, 9.17) is 18.5 Å². The lowest BCUT2D eigenvalue weighted by molar-refractivity contribution is -0.870. The van der Waals surface area contributed by atoms with Crippen LogP contribution in [0.4, 0.5) is 0 Å². The van der Waals surface area contributed by atoms with E-state index >= 15 is 0 Å². The van der Waals surface area contributed by atoms with Crippen LogP contribution in [0, 0.1) is 0 Å². The topological polar surface area (TPSA) is 108 Å². The Morgan fingerprint density at radius 1 is 0.484 bits per heavy atom. The molecule has 2 atom stereocenters. The van der Waals surface area contributed by atoms with Crippen molar-refractivity contribution >= 4 is 19.8 Å². The molecule has 0 aliphatic rings. The standard InChI is InChI=1S/C54H100NO8P/c1-6-8-10-12-14-16-18-20-22-24-25-26-27-28-29-31-32-34-36-38-40-42-44-46-53(56)60-50-52(51-62-64(58,59)61-49-48-55(3,4)5)63-54(57)47-45-43-41-39-37-35-33-30-23-21-19-17-15-13-11-9-7-2/h31-33,35,38-41,52H,6-30,34,36-37,42-51H2,1-5H3/p+1/b32-31+,35-33+,40-38+,41-39+/t52-/m0/s1. The zero-order chi connectivity index (χ0) is 47.1. The second kappa shape index (κ2) is 46.1. The number of unbranched alkanes of at least 4 members (excludes halogenated alkanes) is 26. The number of phosphoric ester groups is 1. The highest BCUT2D eigenvalue weighted by molar-refractivity contribution is 7.47. The summed E-state index contributed by atoms with van der Waals surface area (Å²) in [6, 6.07) is 0. The largest absolute Gasteiger partial charge is 0.472 e. The van der Waals surface area contributed by atoms with Gasteiger partial charge in [0.2, 0.25) is 0 Å². The van der Waals surface area contributed by atoms with Crippen molar-refractivity contribution in [3.05, 3.63) is 48.6 Å². The van der Waals surface area contributed by atoms with Gasteiger partial charge in [-0.3, -0.25) is 18.6 Å². The Balaban J connectivity index is 4.32. The van der Waals surface area contributed by atoms with Crippen molar-refractivity contribution in [2.45, 2.75) is 238 Å². The van der Waals surface area contributed by atoms with Gasteiger partial charge in [0, 0.05) is 12.8 Å². The molecule has 0 aromatic carbocycles. The third-order valence-electron chi connectivity index (χ3n) is 11.3. The molecule has 0 bridgehead atoms. The lowest BCUT2D eigenvalue weighted by Gasteiger charge is -2.24. The summed E-state index contributed by atoms with van der Waals surface area (Å²) in [7, 11) is 1.43. The van der Waals surface area contributed by atoms with Gasteiger partial charge < -0.3 is 18.9 Å². The number of carbonyl (C=O) groups excluding carboxylic acids is 2. The number of rotatable bonds is 48. The van der Waals surface area contributed by atoms with E-state index in [9.17, 15) is 19.0 Å². The van der Waals surface area contributed by atoms with Crippen LogP contribution in [0.25, 0.3) is 0 Å². The molecule has 0 fully saturated rings. The highest BCUT2D eigenvalue weighted by Crippen LogP contribution is 2.43. The minimum absolute atomic E-state index is 0.0179. The number of esters is 2. The van der Waals surface area contributed by atoms with Gasteiger partial charge in [-0.25, -0.2) is 4.57 Å². The molecule has 0 heterocycles. The van der Waals surface area contributed by atoms with E-state index in [0.717, 1.165) is 44.9 Å². The van der Waals surface area contributed by atoms with Crippen LogP contribution in [0.1, 0.15) is 232 Å². The van der Waals surface area contributed by atoms with Crippen LogP contribution in [0.3, 0.4) is 0 Å². The molecule has 0 aliphatic carbocycles. The van der Waals surface area contributed by atoms with Crippen molar-refractivity contribution in [1.29, 1.82) is 0 Å². The van der Waals surface area contributed by atoms with Crippen molar-refractivity contribution in [3.63, 3.8) is 0 Å². The maximum Gasteiger partial charge on any atom is 0.472 e. The highest BCUT2D eigenvalue weighted by Gasteiger charge is 2.27. The molecule has 374 valence electrons. The summed E-state index contributed by atoms with van der Waals surface area (Å²) in [5.74, 6) is -0.896. The molecular formula is C54H101NO8P+. The van der Waals surface area contributed by atoms with E-state index in [2.05, 4.69) is 62.5 Å². The van der Waals surface area contributed by atoms with Crippen LogP contribution in [0.15, 0.2) is 48.6 Å². The maximum atomic E-state index is 12.7. The van der Waals surface area contributed by atoms with Gasteiger partial charge in [0.05, 0.1) is 27.7 Å². The fourth-order valence-corrected chi connectivity index (χ4v) is 7.93. The van der Waals surface area contributed by atoms with Crippen LogP contribution in [0.5, 0.6) is 0 Å². The molecule has 10 heteroatoms. The Labute approximate surface area is 394 Å². The molecule has 0 radical (unpaired) electrons. The first-order valence-corrected chi connectivity index (χ1v) is 27.9. The number of carbonyl (C=O) groups is 2. The summed E-state index contributed by atoms with van der Waals surface area (Å²) in [4.78, 5) is 35.5. The summed E-state index contributed by atoms with van der Waals surface area (Å²) < 4.78 is 34.3. The monoisotopic (exact) mass is 923 g/mol. The Bertz CT molecular complexity index is 1230. The van der Waals surface area contributed by atoms with E-state index in [1.165, 1.54) is 148 Å². The predicted molar refractivity (Wildman–Crippen MR) is 270 cm³/mol. The smallest absolute Gasteiger partial charge is 0.462 e. The van der Waals surface area contributed by atoms with Crippen LogP contribution in [-0.2, 0) is 32.7 Å². The number of nitrogens with zero attached hydrogens (tertiary/aromatic N) is 1. The molecule has 0 amide bonds. The Morgan fingerprint density at radius 3 is 1.30 bits per heavy atom.